The average Bonchev–Trinajstić information content (AvgIpc) is 3.20. The highest BCUT2D eigenvalue weighted by atomic mass is 79.9. The number of pyridine rings is 1. The Hall–Kier alpha value is -2.97. The van der Waals surface area contributed by atoms with Gasteiger partial charge in [-0.15, -0.1) is 0 Å². The molecule has 1 aliphatic heterocycles. The van der Waals surface area contributed by atoms with Crippen LogP contribution in [0.15, 0.2) is 65.4 Å². The topological polar surface area (TPSA) is 61.6 Å². The number of likely N-dealkylation sites (N-methyl/N-ethyl adjacent to an activating group) is 1. The minimum Gasteiger partial charge on any atom is -0.366 e. The summed E-state index contributed by atoms with van der Waals surface area (Å²) in [5.41, 5.74) is 3.88. The standard InChI is InChI=1S/C23H24BrN7/c1-29-9-11-30(12-10-29)21-8-7-17(14-25-21)15-26-22-13-20(18-5-3-2-4-6-18)28-23-19(24)16-27-31(22)23/h2-8,13-14,16,26H,9-12,15H2,1H3. The maximum Gasteiger partial charge on any atom is 0.172 e. The fourth-order valence-corrected chi connectivity index (χ4v) is 4.10. The first-order chi connectivity index (χ1) is 15.2. The molecule has 0 aliphatic carbocycles. The summed E-state index contributed by atoms with van der Waals surface area (Å²) in [6, 6.07) is 16.5. The maximum atomic E-state index is 4.78. The predicted octanol–water partition coefficient (Wildman–Crippen LogP) is 3.92. The molecule has 4 aromatic rings. The van der Waals surface area contributed by atoms with E-state index in [1.54, 1.807) is 6.20 Å². The number of rotatable bonds is 5. The first-order valence-electron chi connectivity index (χ1n) is 10.4. The van der Waals surface area contributed by atoms with Crippen molar-refractivity contribution in [2.45, 2.75) is 6.54 Å². The Morgan fingerprint density at radius 2 is 1.81 bits per heavy atom. The minimum atomic E-state index is 0.654. The Morgan fingerprint density at radius 3 is 2.55 bits per heavy atom. The van der Waals surface area contributed by atoms with Gasteiger partial charge in [-0.25, -0.2) is 9.97 Å². The van der Waals surface area contributed by atoms with E-state index in [-0.39, 0.29) is 0 Å². The van der Waals surface area contributed by atoms with Gasteiger partial charge in [0.1, 0.15) is 11.6 Å². The van der Waals surface area contributed by atoms with Crippen molar-refractivity contribution in [1.82, 2.24) is 24.5 Å². The fraction of sp³-hybridized carbons (Fsp3) is 0.261. The third-order valence-corrected chi connectivity index (χ3v) is 6.17. The third-order valence-electron chi connectivity index (χ3n) is 5.61. The Bertz CT molecular complexity index is 1170. The highest BCUT2D eigenvalue weighted by Crippen LogP contribution is 2.26. The summed E-state index contributed by atoms with van der Waals surface area (Å²) >= 11 is 3.56. The molecule has 4 heterocycles. The minimum absolute atomic E-state index is 0.654. The second kappa shape index (κ2) is 8.64. The van der Waals surface area contributed by atoms with Gasteiger partial charge in [-0.3, -0.25) is 0 Å². The van der Waals surface area contributed by atoms with Crippen molar-refractivity contribution in [3.63, 3.8) is 0 Å². The summed E-state index contributed by atoms with van der Waals surface area (Å²) in [5.74, 6) is 1.93. The Labute approximate surface area is 189 Å². The summed E-state index contributed by atoms with van der Waals surface area (Å²) in [4.78, 5) is 14.2. The van der Waals surface area contributed by atoms with E-state index in [0.29, 0.717) is 6.54 Å². The van der Waals surface area contributed by atoms with Gasteiger partial charge in [-0.2, -0.15) is 9.61 Å². The summed E-state index contributed by atoms with van der Waals surface area (Å²) in [6.07, 6.45) is 3.73. The van der Waals surface area contributed by atoms with Crippen LogP contribution in [0.25, 0.3) is 16.9 Å². The number of benzene rings is 1. The van der Waals surface area contributed by atoms with Crippen molar-refractivity contribution in [1.29, 1.82) is 0 Å². The van der Waals surface area contributed by atoms with Gasteiger partial charge in [-0.05, 0) is 34.6 Å². The molecule has 1 fully saturated rings. The van der Waals surface area contributed by atoms with E-state index in [2.05, 4.69) is 67.5 Å². The van der Waals surface area contributed by atoms with Crippen molar-refractivity contribution in [3.05, 3.63) is 71.0 Å². The molecular formula is C23H24BrN7. The lowest BCUT2D eigenvalue weighted by Crippen LogP contribution is -2.44. The number of nitrogens with one attached hydrogen (secondary N) is 1. The number of fused-ring (bicyclic) bond motifs is 1. The largest absolute Gasteiger partial charge is 0.366 e. The molecule has 158 valence electrons. The van der Waals surface area contributed by atoms with Crippen LogP contribution in [0.2, 0.25) is 0 Å². The summed E-state index contributed by atoms with van der Waals surface area (Å²) in [5, 5.41) is 7.98. The van der Waals surface area contributed by atoms with Crippen LogP contribution in [0.3, 0.4) is 0 Å². The molecule has 0 unspecified atom stereocenters. The monoisotopic (exact) mass is 477 g/mol. The van der Waals surface area contributed by atoms with Gasteiger partial charge >= 0.3 is 0 Å². The first-order valence-corrected chi connectivity index (χ1v) is 11.2. The van der Waals surface area contributed by atoms with E-state index in [1.165, 1.54) is 0 Å². The molecule has 7 nitrogen and oxygen atoms in total. The van der Waals surface area contributed by atoms with Crippen LogP contribution < -0.4 is 10.2 Å². The van der Waals surface area contributed by atoms with Crippen molar-refractivity contribution in [2.75, 3.05) is 43.4 Å². The van der Waals surface area contributed by atoms with E-state index >= 15 is 0 Å². The van der Waals surface area contributed by atoms with Crippen LogP contribution in [-0.4, -0.2) is 57.7 Å². The van der Waals surface area contributed by atoms with Gasteiger partial charge in [-0.1, -0.05) is 36.4 Å². The van der Waals surface area contributed by atoms with Gasteiger partial charge < -0.3 is 15.1 Å². The first kappa shape index (κ1) is 20.0. The maximum absolute atomic E-state index is 4.78. The summed E-state index contributed by atoms with van der Waals surface area (Å²) < 4.78 is 2.69. The SMILES string of the molecule is CN1CCN(c2ccc(CNc3cc(-c4ccccc4)nc4c(Br)cnn34)cn2)CC1. The van der Waals surface area contributed by atoms with Crippen LogP contribution in [0.4, 0.5) is 11.6 Å². The Balaban J connectivity index is 1.36. The van der Waals surface area contributed by atoms with E-state index < -0.39 is 0 Å². The Kier molecular flexibility index (Phi) is 5.57. The van der Waals surface area contributed by atoms with Crippen LogP contribution in [0, 0.1) is 0 Å². The van der Waals surface area contributed by atoms with Gasteiger partial charge in [0.2, 0.25) is 0 Å². The quantitative estimate of drug-likeness (QED) is 0.469. The van der Waals surface area contributed by atoms with Crippen molar-refractivity contribution < 1.29 is 0 Å². The smallest absolute Gasteiger partial charge is 0.172 e. The lowest BCUT2D eigenvalue weighted by molar-refractivity contribution is 0.312. The molecule has 0 bridgehead atoms. The zero-order valence-corrected chi connectivity index (χ0v) is 19.0. The number of hydrogen-bond donors (Lipinski definition) is 1. The lowest BCUT2D eigenvalue weighted by atomic mass is 10.1. The number of anilines is 2. The van der Waals surface area contributed by atoms with Crippen LogP contribution in [-0.2, 0) is 6.54 Å². The van der Waals surface area contributed by atoms with E-state index in [1.807, 2.05) is 35.0 Å². The van der Waals surface area contributed by atoms with Crippen molar-refractivity contribution in [3.8, 4) is 11.3 Å². The zero-order valence-electron chi connectivity index (χ0n) is 17.4. The molecule has 0 atom stereocenters. The van der Waals surface area contributed by atoms with E-state index in [4.69, 9.17) is 9.97 Å². The average molecular weight is 478 g/mol. The molecule has 31 heavy (non-hydrogen) atoms. The van der Waals surface area contributed by atoms with Crippen molar-refractivity contribution in [2.24, 2.45) is 0 Å². The highest BCUT2D eigenvalue weighted by Gasteiger charge is 2.15. The molecule has 0 radical (unpaired) electrons. The highest BCUT2D eigenvalue weighted by molar-refractivity contribution is 9.10. The summed E-state index contributed by atoms with van der Waals surface area (Å²) in [7, 11) is 2.16. The van der Waals surface area contributed by atoms with Gasteiger partial charge in [0.05, 0.1) is 16.4 Å². The fourth-order valence-electron chi connectivity index (χ4n) is 3.76. The number of halogens is 1. The molecular weight excluding hydrogens is 454 g/mol. The van der Waals surface area contributed by atoms with Gasteiger partial charge in [0.15, 0.2) is 5.65 Å². The van der Waals surface area contributed by atoms with Gasteiger partial charge in [0.25, 0.3) is 0 Å². The molecule has 1 N–H and O–H groups in total. The number of nitrogens with zero attached hydrogens (tertiary/aromatic N) is 6. The third kappa shape index (κ3) is 4.26. The number of aromatic nitrogens is 4. The van der Waals surface area contributed by atoms with Gasteiger partial charge in [0, 0.05) is 50.6 Å². The van der Waals surface area contributed by atoms with Crippen LogP contribution >= 0.6 is 15.9 Å². The molecule has 8 heteroatoms. The Morgan fingerprint density at radius 1 is 1.00 bits per heavy atom. The van der Waals surface area contributed by atoms with Crippen LogP contribution in [0.1, 0.15) is 5.56 Å². The second-order valence-electron chi connectivity index (χ2n) is 7.79. The lowest BCUT2D eigenvalue weighted by Gasteiger charge is -2.33. The normalized spacial score (nSPS) is 14.8. The number of piperazine rings is 1. The second-order valence-corrected chi connectivity index (χ2v) is 8.64. The van der Waals surface area contributed by atoms with E-state index in [9.17, 15) is 0 Å². The number of hydrogen-bond acceptors (Lipinski definition) is 6. The molecule has 5 rings (SSSR count). The molecule has 0 spiro atoms. The van der Waals surface area contributed by atoms with Crippen molar-refractivity contribution >= 4 is 33.2 Å². The molecule has 0 amide bonds. The predicted molar refractivity (Wildman–Crippen MR) is 127 cm³/mol. The summed E-state index contributed by atoms with van der Waals surface area (Å²) in [6.45, 7) is 4.85. The molecule has 1 aliphatic rings. The zero-order chi connectivity index (χ0) is 21.2. The molecule has 0 saturated carbocycles. The molecule has 1 aromatic carbocycles. The molecule has 3 aromatic heterocycles. The van der Waals surface area contributed by atoms with Crippen LogP contribution in [0.5, 0.6) is 0 Å². The molecule has 1 saturated heterocycles. The van der Waals surface area contributed by atoms with E-state index in [0.717, 1.165) is 64.8 Å².